The third kappa shape index (κ3) is 4.33. The smallest absolute Gasteiger partial charge is 0.246 e. The predicted octanol–water partition coefficient (Wildman–Crippen LogP) is 2.29. The van der Waals surface area contributed by atoms with Gasteiger partial charge in [-0.1, -0.05) is 12.1 Å². The second-order valence-corrected chi connectivity index (χ2v) is 5.65. The van der Waals surface area contributed by atoms with Crippen molar-refractivity contribution in [1.82, 2.24) is 4.90 Å². The van der Waals surface area contributed by atoms with Gasteiger partial charge in [-0.05, 0) is 49.5 Å². The molecular formula is C17H24N2O2. The molecule has 1 aromatic rings. The average molecular weight is 288 g/mol. The van der Waals surface area contributed by atoms with Crippen LogP contribution in [-0.4, -0.2) is 37.0 Å². The summed E-state index contributed by atoms with van der Waals surface area (Å²) in [6.07, 6.45) is 5.64. The molecule has 1 saturated heterocycles. The average Bonchev–Trinajstić information content (AvgIpc) is 2.53. The maximum atomic E-state index is 12.2. The first-order valence-corrected chi connectivity index (χ1v) is 7.47. The van der Waals surface area contributed by atoms with Crippen molar-refractivity contribution in [3.63, 3.8) is 0 Å². The van der Waals surface area contributed by atoms with Crippen molar-refractivity contribution in [3.8, 4) is 5.75 Å². The summed E-state index contributed by atoms with van der Waals surface area (Å²) in [4.78, 5) is 14.1. The zero-order valence-corrected chi connectivity index (χ0v) is 12.8. The Bertz CT molecular complexity index is 494. The van der Waals surface area contributed by atoms with E-state index in [9.17, 15) is 4.79 Å². The van der Waals surface area contributed by atoms with Gasteiger partial charge in [0.15, 0.2) is 0 Å². The molecule has 0 spiro atoms. The molecule has 2 N–H and O–H groups in total. The van der Waals surface area contributed by atoms with Crippen LogP contribution in [0.5, 0.6) is 5.75 Å². The van der Waals surface area contributed by atoms with Crippen molar-refractivity contribution in [2.75, 3.05) is 20.2 Å². The molecule has 0 aliphatic carbocycles. The maximum absolute atomic E-state index is 12.2. The number of nitrogens with two attached hydrogens (primary N) is 1. The lowest BCUT2D eigenvalue weighted by Gasteiger charge is -2.34. The van der Waals surface area contributed by atoms with Crippen LogP contribution in [-0.2, 0) is 4.79 Å². The molecule has 2 unspecified atom stereocenters. The van der Waals surface area contributed by atoms with E-state index in [1.807, 2.05) is 42.2 Å². The van der Waals surface area contributed by atoms with E-state index in [0.29, 0.717) is 5.92 Å². The molecular weight excluding hydrogens is 264 g/mol. The number of carbonyl (C=O) groups is 1. The van der Waals surface area contributed by atoms with Gasteiger partial charge in [-0.2, -0.15) is 0 Å². The van der Waals surface area contributed by atoms with Crippen LogP contribution in [0.4, 0.5) is 0 Å². The van der Waals surface area contributed by atoms with Gasteiger partial charge in [-0.3, -0.25) is 4.79 Å². The second kappa shape index (κ2) is 7.27. The van der Waals surface area contributed by atoms with E-state index in [2.05, 4.69) is 0 Å². The monoisotopic (exact) mass is 288 g/mol. The number of likely N-dealkylation sites (tertiary alicyclic amines) is 1. The quantitative estimate of drug-likeness (QED) is 0.865. The summed E-state index contributed by atoms with van der Waals surface area (Å²) in [5.74, 6) is 1.29. The number of hydrogen-bond donors (Lipinski definition) is 1. The van der Waals surface area contributed by atoms with E-state index in [1.54, 1.807) is 13.2 Å². The van der Waals surface area contributed by atoms with Crippen LogP contribution in [0.3, 0.4) is 0 Å². The number of hydrogen-bond acceptors (Lipinski definition) is 3. The van der Waals surface area contributed by atoms with E-state index >= 15 is 0 Å². The summed E-state index contributed by atoms with van der Waals surface area (Å²) < 4.78 is 5.11. The van der Waals surface area contributed by atoms with Crippen LogP contribution in [0.1, 0.15) is 25.3 Å². The highest BCUT2D eigenvalue weighted by molar-refractivity contribution is 5.91. The summed E-state index contributed by atoms with van der Waals surface area (Å²) in [6, 6.07) is 7.78. The highest BCUT2D eigenvalue weighted by Gasteiger charge is 2.24. The van der Waals surface area contributed by atoms with Gasteiger partial charge in [0, 0.05) is 25.2 Å². The van der Waals surface area contributed by atoms with Crippen molar-refractivity contribution in [3.05, 3.63) is 35.9 Å². The Balaban J connectivity index is 1.94. The summed E-state index contributed by atoms with van der Waals surface area (Å²) >= 11 is 0. The zero-order chi connectivity index (χ0) is 15.2. The van der Waals surface area contributed by atoms with Gasteiger partial charge in [0.25, 0.3) is 0 Å². The van der Waals surface area contributed by atoms with Gasteiger partial charge in [0.1, 0.15) is 5.75 Å². The normalized spacial score (nSPS) is 20.5. The number of benzene rings is 1. The number of rotatable bonds is 4. The Morgan fingerprint density at radius 1 is 1.43 bits per heavy atom. The minimum Gasteiger partial charge on any atom is -0.497 e. The lowest BCUT2D eigenvalue weighted by molar-refractivity contribution is -0.127. The number of methoxy groups -OCH3 is 1. The predicted molar refractivity (Wildman–Crippen MR) is 85.0 cm³/mol. The van der Waals surface area contributed by atoms with Crippen LogP contribution >= 0.6 is 0 Å². The fourth-order valence-electron chi connectivity index (χ4n) is 2.63. The molecule has 1 heterocycles. The van der Waals surface area contributed by atoms with E-state index in [4.69, 9.17) is 10.5 Å². The third-order valence-electron chi connectivity index (χ3n) is 4.05. The van der Waals surface area contributed by atoms with Gasteiger partial charge in [-0.25, -0.2) is 0 Å². The molecule has 0 aromatic heterocycles. The molecule has 21 heavy (non-hydrogen) atoms. The Hall–Kier alpha value is -1.81. The second-order valence-electron chi connectivity index (χ2n) is 5.65. The number of nitrogens with zero attached hydrogens (tertiary/aromatic N) is 1. The van der Waals surface area contributed by atoms with Gasteiger partial charge < -0.3 is 15.4 Å². The fraction of sp³-hybridized carbons (Fsp3) is 0.471. The molecule has 2 rings (SSSR count). The molecule has 0 bridgehead atoms. The number of carbonyl (C=O) groups excluding carboxylic acids is 1. The van der Waals surface area contributed by atoms with Crippen molar-refractivity contribution < 1.29 is 9.53 Å². The highest BCUT2D eigenvalue weighted by Crippen LogP contribution is 2.19. The summed E-state index contributed by atoms with van der Waals surface area (Å²) in [5, 5.41) is 0. The van der Waals surface area contributed by atoms with Crippen LogP contribution in [0.15, 0.2) is 30.3 Å². The molecule has 1 aromatic carbocycles. The van der Waals surface area contributed by atoms with Crippen molar-refractivity contribution in [1.29, 1.82) is 0 Å². The Labute approximate surface area is 126 Å². The van der Waals surface area contributed by atoms with E-state index < -0.39 is 0 Å². The van der Waals surface area contributed by atoms with E-state index in [-0.39, 0.29) is 11.9 Å². The molecule has 4 heteroatoms. The van der Waals surface area contributed by atoms with Gasteiger partial charge >= 0.3 is 0 Å². The lowest BCUT2D eigenvalue weighted by Crippen LogP contribution is -2.44. The van der Waals surface area contributed by atoms with Gasteiger partial charge in [0.2, 0.25) is 5.91 Å². The van der Waals surface area contributed by atoms with Crippen LogP contribution in [0, 0.1) is 5.92 Å². The number of ether oxygens (including phenoxy) is 1. The summed E-state index contributed by atoms with van der Waals surface area (Å²) in [7, 11) is 1.64. The van der Waals surface area contributed by atoms with Crippen molar-refractivity contribution in [2.24, 2.45) is 11.7 Å². The number of amides is 1. The van der Waals surface area contributed by atoms with Crippen LogP contribution in [0.2, 0.25) is 0 Å². The standard InChI is InChI=1S/C17H24N2O2/c1-13(18)15-4-3-11-19(12-15)17(20)10-7-14-5-8-16(21-2)9-6-14/h5-10,13,15H,3-4,11-12,18H2,1-2H3. The number of piperidine rings is 1. The van der Waals surface area contributed by atoms with Gasteiger partial charge in [0.05, 0.1) is 7.11 Å². The van der Waals surface area contributed by atoms with Crippen molar-refractivity contribution in [2.45, 2.75) is 25.8 Å². The van der Waals surface area contributed by atoms with Crippen molar-refractivity contribution >= 4 is 12.0 Å². The highest BCUT2D eigenvalue weighted by atomic mass is 16.5. The molecule has 0 radical (unpaired) electrons. The molecule has 1 amide bonds. The zero-order valence-electron chi connectivity index (χ0n) is 12.8. The molecule has 114 valence electrons. The molecule has 1 aliphatic rings. The Morgan fingerprint density at radius 2 is 2.14 bits per heavy atom. The Morgan fingerprint density at radius 3 is 2.76 bits per heavy atom. The topological polar surface area (TPSA) is 55.6 Å². The molecule has 4 nitrogen and oxygen atoms in total. The summed E-state index contributed by atoms with van der Waals surface area (Å²) in [5.41, 5.74) is 6.94. The molecule has 2 atom stereocenters. The lowest BCUT2D eigenvalue weighted by atomic mass is 9.92. The molecule has 1 aliphatic heterocycles. The minimum absolute atomic E-state index is 0.0659. The van der Waals surface area contributed by atoms with E-state index in [1.165, 1.54) is 0 Å². The molecule has 0 saturated carbocycles. The summed E-state index contributed by atoms with van der Waals surface area (Å²) in [6.45, 7) is 3.62. The van der Waals surface area contributed by atoms with Gasteiger partial charge in [-0.15, -0.1) is 0 Å². The SMILES string of the molecule is COc1ccc(C=CC(=O)N2CCCC(C(C)N)C2)cc1. The fourth-order valence-corrected chi connectivity index (χ4v) is 2.63. The largest absolute Gasteiger partial charge is 0.497 e. The first-order valence-electron chi connectivity index (χ1n) is 7.47. The maximum Gasteiger partial charge on any atom is 0.246 e. The van der Waals surface area contributed by atoms with E-state index in [0.717, 1.165) is 37.2 Å². The van der Waals surface area contributed by atoms with Crippen LogP contribution < -0.4 is 10.5 Å². The van der Waals surface area contributed by atoms with Crippen LogP contribution in [0.25, 0.3) is 6.08 Å². The third-order valence-corrected chi connectivity index (χ3v) is 4.05. The minimum atomic E-state index is 0.0659. The first kappa shape index (κ1) is 15.6. The molecule has 1 fully saturated rings. The first-order chi connectivity index (χ1) is 10.1. The Kier molecular flexibility index (Phi) is 5.39.